The third-order valence-electron chi connectivity index (χ3n) is 2.53. The minimum absolute atomic E-state index is 0.0726. The summed E-state index contributed by atoms with van der Waals surface area (Å²) in [6.07, 6.45) is 1.35. The monoisotopic (exact) mass is 263 g/mol. The van der Waals surface area contributed by atoms with Crippen molar-refractivity contribution in [2.45, 2.75) is 6.61 Å². The molecule has 0 aliphatic heterocycles. The van der Waals surface area contributed by atoms with Gasteiger partial charge in [0.1, 0.15) is 18.8 Å². The average Bonchev–Trinajstić information content (AvgIpc) is 2.45. The zero-order valence-electron chi connectivity index (χ0n) is 10.7. The van der Waals surface area contributed by atoms with Gasteiger partial charge in [0.05, 0.1) is 7.11 Å². The van der Waals surface area contributed by atoms with Crippen molar-refractivity contribution < 1.29 is 13.9 Å². The first-order valence-electron chi connectivity index (χ1n) is 5.69. The largest absolute Gasteiger partial charge is 0.489 e. The standard InChI is InChI=1S/C13H14FN3O2/c1-15-12-11(18-2)13(17-8-16-12)19-7-9-5-3-4-6-10(9)14/h3-6,8H,7H2,1-2H3,(H,15,16,17). The van der Waals surface area contributed by atoms with E-state index in [1.807, 2.05) is 0 Å². The highest BCUT2D eigenvalue weighted by Gasteiger charge is 2.13. The van der Waals surface area contributed by atoms with Crippen molar-refractivity contribution in [3.05, 3.63) is 42.0 Å². The lowest BCUT2D eigenvalue weighted by Crippen LogP contribution is -2.04. The smallest absolute Gasteiger partial charge is 0.262 e. The molecule has 0 spiro atoms. The third kappa shape index (κ3) is 2.90. The van der Waals surface area contributed by atoms with Crippen LogP contribution in [0.2, 0.25) is 0 Å². The molecule has 2 rings (SSSR count). The summed E-state index contributed by atoms with van der Waals surface area (Å²) >= 11 is 0. The molecule has 0 amide bonds. The van der Waals surface area contributed by atoms with Gasteiger partial charge in [-0.1, -0.05) is 18.2 Å². The number of hydrogen-bond donors (Lipinski definition) is 1. The number of halogens is 1. The highest BCUT2D eigenvalue weighted by Crippen LogP contribution is 2.31. The Kier molecular flexibility index (Phi) is 4.12. The lowest BCUT2D eigenvalue weighted by atomic mass is 10.2. The molecule has 19 heavy (non-hydrogen) atoms. The van der Waals surface area contributed by atoms with Gasteiger partial charge in [-0.05, 0) is 6.07 Å². The Morgan fingerprint density at radius 1 is 1.26 bits per heavy atom. The summed E-state index contributed by atoms with van der Waals surface area (Å²) in [6.45, 7) is 0.0726. The second kappa shape index (κ2) is 5.99. The fourth-order valence-electron chi connectivity index (χ4n) is 1.58. The van der Waals surface area contributed by atoms with Crippen LogP contribution >= 0.6 is 0 Å². The van der Waals surface area contributed by atoms with Crippen LogP contribution in [0.15, 0.2) is 30.6 Å². The summed E-state index contributed by atoms with van der Waals surface area (Å²) in [5.41, 5.74) is 0.453. The van der Waals surface area contributed by atoms with E-state index in [4.69, 9.17) is 9.47 Å². The topological polar surface area (TPSA) is 56.3 Å². The molecule has 1 aromatic carbocycles. The van der Waals surface area contributed by atoms with Crippen molar-refractivity contribution in [2.75, 3.05) is 19.5 Å². The molecule has 0 aliphatic rings. The molecule has 1 aromatic heterocycles. The minimum Gasteiger partial charge on any atom is -0.489 e. The molecule has 0 saturated carbocycles. The summed E-state index contributed by atoms with van der Waals surface area (Å²) in [4.78, 5) is 7.98. The Hall–Kier alpha value is -2.37. The van der Waals surface area contributed by atoms with Gasteiger partial charge >= 0.3 is 0 Å². The number of ether oxygens (including phenoxy) is 2. The van der Waals surface area contributed by atoms with E-state index in [9.17, 15) is 4.39 Å². The molecule has 5 nitrogen and oxygen atoms in total. The van der Waals surface area contributed by atoms with Crippen molar-refractivity contribution in [1.82, 2.24) is 9.97 Å². The Bertz CT molecular complexity index is 563. The van der Waals surface area contributed by atoms with Crippen LogP contribution in [-0.4, -0.2) is 24.1 Å². The number of benzene rings is 1. The Labute approximate surface area is 110 Å². The molecule has 0 bridgehead atoms. The van der Waals surface area contributed by atoms with Crippen LogP contribution in [0.3, 0.4) is 0 Å². The first kappa shape index (κ1) is 13.1. The molecule has 0 aliphatic carbocycles. The maximum absolute atomic E-state index is 13.5. The summed E-state index contributed by atoms with van der Waals surface area (Å²) in [5.74, 6) is 0.858. The van der Waals surface area contributed by atoms with Gasteiger partial charge in [-0.25, -0.2) is 9.37 Å². The minimum atomic E-state index is -0.315. The molecule has 1 heterocycles. The van der Waals surface area contributed by atoms with E-state index in [1.54, 1.807) is 25.2 Å². The molecular weight excluding hydrogens is 249 g/mol. The van der Waals surface area contributed by atoms with Gasteiger partial charge in [-0.2, -0.15) is 4.98 Å². The van der Waals surface area contributed by atoms with Crippen molar-refractivity contribution in [2.24, 2.45) is 0 Å². The van der Waals surface area contributed by atoms with E-state index in [0.717, 1.165) is 0 Å². The van der Waals surface area contributed by atoms with E-state index in [1.165, 1.54) is 19.5 Å². The van der Waals surface area contributed by atoms with Gasteiger partial charge in [-0.3, -0.25) is 0 Å². The normalized spacial score (nSPS) is 10.1. The zero-order valence-corrected chi connectivity index (χ0v) is 10.7. The number of nitrogens with zero attached hydrogens (tertiary/aromatic N) is 2. The van der Waals surface area contributed by atoms with Crippen LogP contribution in [0.1, 0.15) is 5.56 Å². The summed E-state index contributed by atoms with van der Waals surface area (Å²) < 4.78 is 24.1. The van der Waals surface area contributed by atoms with Gasteiger partial charge in [0, 0.05) is 12.6 Å². The maximum atomic E-state index is 13.5. The quantitative estimate of drug-likeness (QED) is 0.896. The average molecular weight is 263 g/mol. The number of hydrogen-bond acceptors (Lipinski definition) is 5. The second-order valence-electron chi connectivity index (χ2n) is 3.69. The summed E-state index contributed by atoms with van der Waals surface area (Å²) in [5, 5.41) is 2.87. The highest BCUT2D eigenvalue weighted by molar-refractivity contribution is 5.54. The maximum Gasteiger partial charge on any atom is 0.262 e. The van der Waals surface area contributed by atoms with Gasteiger partial charge in [0.15, 0.2) is 5.82 Å². The molecule has 0 fully saturated rings. The number of methoxy groups -OCH3 is 1. The van der Waals surface area contributed by atoms with Crippen LogP contribution in [0.25, 0.3) is 0 Å². The Morgan fingerprint density at radius 2 is 2.05 bits per heavy atom. The van der Waals surface area contributed by atoms with Gasteiger partial charge < -0.3 is 14.8 Å². The fraction of sp³-hybridized carbons (Fsp3) is 0.231. The number of aromatic nitrogens is 2. The van der Waals surface area contributed by atoms with Crippen LogP contribution < -0.4 is 14.8 Å². The molecule has 1 N–H and O–H groups in total. The van der Waals surface area contributed by atoms with Crippen molar-refractivity contribution in [3.63, 3.8) is 0 Å². The Balaban J connectivity index is 2.18. The lowest BCUT2D eigenvalue weighted by Gasteiger charge is -2.12. The second-order valence-corrected chi connectivity index (χ2v) is 3.69. The van der Waals surface area contributed by atoms with E-state index < -0.39 is 0 Å². The predicted octanol–water partition coefficient (Wildman–Crippen LogP) is 2.25. The van der Waals surface area contributed by atoms with E-state index in [-0.39, 0.29) is 18.3 Å². The van der Waals surface area contributed by atoms with Gasteiger partial charge in [0.2, 0.25) is 5.75 Å². The first-order chi connectivity index (χ1) is 9.26. The molecule has 0 saturated heterocycles. The number of rotatable bonds is 5. The van der Waals surface area contributed by atoms with Crippen LogP contribution in [0.4, 0.5) is 10.2 Å². The van der Waals surface area contributed by atoms with E-state index in [2.05, 4.69) is 15.3 Å². The lowest BCUT2D eigenvalue weighted by molar-refractivity contribution is 0.267. The number of anilines is 1. The molecule has 0 unspecified atom stereocenters. The predicted molar refractivity (Wildman–Crippen MR) is 68.9 cm³/mol. The van der Waals surface area contributed by atoms with Gasteiger partial charge in [0.25, 0.3) is 5.88 Å². The SMILES string of the molecule is CNc1ncnc(OCc2ccccc2F)c1OC. The van der Waals surface area contributed by atoms with Crippen LogP contribution in [0.5, 0.6) is 11.6 Å². The third-order valence-corrected chi connectivity index (χ3v) is 2.53. The van der Waals surface area contributed by atoms with Gasteiger partial charge in [-0.15, -0.1) is 0 Å². The van der Waals surface area contributed by atoms with Crippen molar-refractivity contribution in [3.8, 4) is 11.6 Å². The molecule has 0 atom stereocenters. The molecule has 0 radical (unpaired) electrons. The van der Waals surface area contributed by atoms with E-state index in [0.29, 0.717) is 17.1 Å². The Morgan fingerprint density at radius 3 is 2.74 bits per heavy atom. The van der Waals surface area contributed by atoms with Crippen LogP contribution in [0, 0.1) is 5.82 Å². The molecule has 100 valence electrons. The molecule has 2 aromatic rings. The van der Waals surface area contributed by atoms with Crippen LogP contribution in [-0.2, 0) is 6.61 Å². The highest BCUT2D eigenvalue weighted by atomic mass is 19.1. The molecular formula is C13H14FN3O2. The zero-order chi connectivity index (χ0) is 13.7. The van der Waals surface area contributed by atoms with E-state index >= 15 is 0 Å². The molecule has 6 heteroatoms. The first-order valence-corrected chi connectivity index (χ1v) is 5.69. The summed E-state index contributed by atoms with van der Waals surface area (Å²) in [6, 6.07) is 6.41. The van der Waals surface area contributed by atoms with Crippen molar-refractivity contribution in [1.29, 1.82) is 0 Å². The fourth-order valence-corrected chi connectivity index (χ4v) is 1.58. The summed E-state index contributed by atoms with van der Waals surface area (Å²) in [7, 11) is 3.21. The van der Waals surface area contributed by atoms with Crippen molar-refractivity contribution >= 4 is 5.82 Å². The number of nitrogens with one attached hydrogen (secondary N) is 1.